The third-order valence-corrected chi connectivity index (χ3v) is 6.53. The summed E-state index contributed by atoms with van der Waals surface area (Å²) in [5.41, 5.74) is 2.34. The minimum absolute atomic E-state index is 0.0143. The van der Waals surface area contributed by atoms with Gasteiger partial charge in [-0.15, -0.1) is 0 Å². The predicted octanol–water partition coefficient (Wildman–Crippen LogP) is 2.39. The molecule has 2 aromatic heterocycles. The second kappa shape index (κ2) is 8.80. The lowest BCUT2D eigenvalue weighted by atomic mass is 10.1. The van der Waals surface area contributed by atoms with E-state index in [9.17, 15) is 8.42 Å². The Hall–Kier alpha value is -2.72. The maximum Gasteiger partial charge on any atom is 0.322 e. The van der Waals surface area contributed by atoms with E-state index < -0.39 is 9.84 Å². The van der Waals surface area contributed by atoms with Gasteiger partial charge in [0.1, 0.15) is 6.10 Å². The Morgan fingerprint density at radius 2 is 2.10 bits per heavy atom. The quantitative estimate of drug-likeness (QED) is 0.572. The van der Waals surface area contributed by atoms with Crippen molar-refractivity contribution < 1.29 is 13.2 Å². The molecule has 2 N–H and O–H groups in total. The largest absolute Gasteiger partial charge is 0.459 e. The van der Waals surface area contributed by atoms with Crippen LogP contribution in [0.15, 0.2) is 35.4 Å². The zero-order chi connectivity index (χ0) is 22.0. The fourth-order valence-corrected chi connectivity index (χ4v) is 4.65. The minimum Gasteiger partial charge on any atom is -0.459 e. The van der Waals surface area contributed by atoms with Gasteiger partial charge in [0.2, 0.25) is 5.95 Å². The Kier molecular flexibility index (Phi) is 6.10. The number of fused-ring (bicyclic) bond motifs is 1. The van der Waals surface area contributed by atoms with Gasteiger partial charge in [-0.2, -0.15) is 19.6 Å². The van der Waals surface area contributed by atoms with E-state index >= 15 is 0 Å². The number of sulfone groups is 1. The summed E-state index contributed by atoms with van der Waals surface area (Å²) >= 11 is 0. The van der Waals surface area contributed by atoms with Gasteiger partial charge in [-0.05, 0) is 36.9 Å². The molecular weight excluding hydrogens is 416 g/mol. The smallest absolute Gasteiger partial charge is 0.322 e. The molecule has 0 amide bonds. The third-order valence-electron chi connectivity index (χ3n) is 5.33. The Bertz CT molecular complexity index is 1170. The summed E-state index contributed by atoms with van der Waals surface area (Å²) in [5, 5.41) is 11.0. The number of piperidine rings is 1. The second-order valence-electron chi connectivity index (χ2n) is 8.14. The number of aromatic nitrogens is 4. The highest BCUT2D eigenvalue weighted by Crippen LogP contribution is 2.24. The Balaban J connectivity index is 1.68. The van der Waals surface area contributed by atoms with E-state index in [1.807, 2.05) is 6.07 Å². The third kappa shape index (κ3) is 4.80. The van der Waals surface area contributed by atoms with Crippen molar-refractivity contribution in [2.75, 3.05) is 24.7 Å². The van der Waals surface area contributed by atoms with Crippen LogP contribution in [0.2, 0.25) is 0 Å². The van der Waals surface area contributed by atoms with Crippen molar-refractivity contribution in [2.24, 2.45) is 0 Å². The molecule has 1 aromatic carbocycles. The molecule has 31 heavy (non-hydrogen) atoms. The first-order valence-corrected chi connectivity index (χ1v) is 12.4. The van der Waals surface area contributed by atoms with Crippen molar-refractivity contribution in [1.82, 2.24) is 24.9 Å². The van der Waals surface area contributed by atoms with Crippen LogP contribution >= 0.6 is 0 Å². The lowest BCUT2D eigenvalue weighted by Gasteiger charge is -2.23. The summed E-state index contributed by atoms with van der Waals surface area (Å²) in [5.74, 6) is 0.689. The van der Waals surface area contributed by atoms with Crippen LogP contribution in [0.3, 0.4) is 0 Å². The van der Waals surface area contributed by atoms with Crippen LogP contribution in [0, 0.1) is 0 Å². The molecule has 1 unspecified atom stereocenters. The van der Waals surface area contributed by atoms with E-state index in [2.05, 4.69) is 39.5 Å². The monoisotopic (exact) mass is 444 g/mol. The molecule has 1 saturated heterocycles. The summed E-state index contributed by atoms with van der Waals surface area (Å²) < 4.78 is 32.0. The van der Waals surface area contributed by atoms with Crippen molar-refractivity contribution >= 4 is 21.4 Å². The highest BCUT2D eigenvalue weighted by molar-refractivity contribution is 7.90. The number of nitrogens with one attached hydrogen (secondary N) is 2. The predicted molar refractivity (Wildman–Crippen MR) is 118 cm³/mol. The minimum atomic E-state index is -3.34. The molecule has 1 aliphatic heterocycles. The van der Waals surface area contributed by atoms with Gasteiger partial charge in [0.05, 0.1) is 11.1 Å². The van der Waals surface area contributed by atoms with E-state index in [0.29, 0.717) is 28.1 Å². The fourth-order valence-electron chi connectivity index (χ4n) is 3.70. The fraction of sp³-hybridized carbons (Fsp3) is 0.476. The van der Waals surface area contributed by atoms with Crippen LogP contribution in [0.1, 0.15) is 43.7 Å². The van der Waals surface area contributed by atoms with Gasteiger partial charge < -0.3 is 15.4 Å². The Morgan fingerprint density at radius 3 is 2.81 bits per heavy atom. The molecule has 1 fully saturated rings. The molecule has 1 atom stereocenters. The molecule has 1 aliphatic rings. The maximum absolute atomic E-state index is 12.1. The summed E-state index contributed by atoms with van der Waals surface area (Å²) in [6, 6.07) is 7.22. The zero-order valence-electron chi connectivity index (χ0n) is 18.0. The number of nitrogens with zero attached hydrogens (tertiary/aromatic N) is 4. The lowest BCUT2D eigenvalue weighted by molar-refractivity contribution is 0.153. The maximum atomic E-state index is 12.1. The van der Waals surface area contributed by atoms with Gasteiger partial charge in [0.25, 0.3) is 0 Å². The molecule has 3 heterocycles. The molecule has 3 aromatic rings. The topological polar surface area (TPSA) is 111 Å². The van der Waals surface area contributed by atoms with Crippen LogP contribution in [-0.2, 0) is 16.4 Å². The second-order valence-corrected chi connectivity index (χ2v) is 10.1. The molecule has 9 nitrogen and oxygen atoms in total. The van der Waals surface area contributed by atoms with Crippen molar-refractivity contribution in [1.29, 1.82) is 0 Å². The first kappa shape index (κ1) is 21.5. The van der Waals surface area contributed by atoms with Crippen molar-refractivity contribution in [2.45, 2.75) is 50.2 Å². The van der Waals surface area contributed by atoms with Crippen LogP contribution in [-0.4, -0.2) is 53.4 Å². The Morgan fingerprint density at radius 1 is 1.29 bits per heavy atom. The number of ether oxygens (including phenoxy) is 1. The van der Waals surface area contributed by atoms with Crippen LogP contribution in [0.4, 0.5) is 5.95 Å². The molecule has 166 valence electrons. The van der Waals surface area contributed by atoms with E-state index in [-0.39, 0.29) is 18.6 Å². The van der Waals surface area contributed by atoms with Gasteiger partial charge in [0, 0.05) is 24.9 Å². The molecule has 0 bridgehead atoms. The van der Waals surface area contributed by atoms with E-state index in [1.165, 1.54) is 6.26 Å². The highest BCUT2D eigenvalue weighted by Gasteiger charge is 2.20. The van der Waals surface area contributed by atoms with Gasteiger partial charge in [-0.1, -0.05) is 32.0 Å². The average molecular weight is 445 g/mol. The summed E-state index contributed by atoms with van der Waals surface area (Å²) in [4.78, 5) is 9.47. The van der Waals surface area contributed by atoms with Gasteiger partial charge in [-0.25, -0.2) is 8.42 Å². The molecular formula is C21H28N6O3S. The van der Waals surface area contributed by atoms with Crippen LogP contribution in [0.5, 0.6) is 6.01 Å². The number of anilines is 1. The lowest BCUT2D eigenvalue weighted by Crippen LogP contribution is -2.37. The summed E-state index contributed by atoms with van der Waals surface area (Å²) in [7, 11) is -3.34. The Labute approximate surface area is 182 Å². The van der Waals surface area contributed by atoms with Crippen molar-refractivity contribution in [3.63, 3.8) is 0 Å². The number of hydrogen-bond donors (Lipinski definition) is 2. The summed E-state index contributed by atoms with van der Waals surface area (Å²) in [6.07, 6.45) is 5.00. The SMILES string of the molecule is CC(C)c1cnn2c(NCc3ccccc3S(C)(=O)=O)nc(OC3CCCNC3)nc12. The highest BCUT2D eigenvalue weighted by atomic mass is 32.2. The first-order valence-electron chi connectivity index (χ1n) is 10.5. The van der Waals surface area contributed by atoms with Crippen molar-refractivity contribution in [3.05, 3.63) is 41.6 Å². The van der Waals surface area contributed by atoms with Crippen LogP contribution < -0.4 is 15.4 Å². The van der Waals surface area contributed by atoms with Gasteiger partial charge >= 0.3 is 6.01 Å². The molecule has 0 radical (unpaired) electrons. The molecule has 0 aliphatic carbocycles. The van der Waals surface area contributed by atoms with Gasteiger partial charge in [0.15, 0.2) is 15.5 Å². The number of hydrogen-bond acceptors (Lipinski definition) is 8. The van der Waals surface area contributed by atoms with Crippen molar-refractivity contribution in [3.8, 4) is 6.01 Å². The molecule has 4 rings (SSSR count). The average Bonchev–Trinajstić information content (AvgIpc) is 3.17. The van der Waals surface area contributed by atoms with E-state index in [4.69, 9.17) is 4.74 Å². The normalized spacial score (nSPS) is 17.2. The number of benzene rings is 1. The van der Waals surface area contributed by atoms with Crippen LogP contribution in [0.25, 0.3) is 5.65 Å². The van der Waals surface area contributed by atoms with Gasteiger partial charge in [-0.3, -0.25) is 0 Å². The zero-order valence-corrected chi connectivity index (χ0v) is 18.8. The molecule has 0 spiro atoms. The standard InChI is InChI=1S/C21H28N6O3S/c1-14(2)17-13-24-27-19(17)25-21(30-16-8-6-10-22-12-16)26-20(27)23-11-15-7-4-5-9-18(15)31(3,28)29/h4-5,7,9,13-14,16,22H,6,8,10-12H2,1-3H3,(H,23,25,26). The number of rotatable bonds is 7. The first-order chi connectivity index (χ1) is 14.8. The molecule has 0 saturated carbocycles. The summed E-state index contributed by atoms with van der Waals surface area (Å²) in [6.45, 7) is 6.19. The molecule has 10 heteroatoms. The van der Waals surface area contributed by atoms with E-state index in [1.54, 1.807) is 28.9 Å². The van der Waals surface area contributed by atoms with E-state index in [0.717, 1.165) is 31.5 Å².